The standard InChI is InChI=1S/C31H35FN8O2/c1-36-16-18-38(19-17-36)24-11-9-23(10-12-24)34-30-33-20-22-21-40(31(42)37(2)29(22)35-30)27-13-15-39(28(41)8-5-14-32)26-7-4-3-6-25(26)27/h3-12,20,27H,13-19,21H2,1-2H3,(H,33,34,35)/b8-5+/t27-/m0/s1. The van der Waals surface area contributed by atoms with Crippen molar-refractivity contribution in [3.63, 3.8) is 0 Å². The monoisotopic (exact) mass is 570 g/mol. The molecule has 0 bridgehead atoms. The molecule has 10 nitrogen and oxygen atoms in total. The summed E-state index contributed by atoms with van der Waals surface area (Å²) in [7, 11) is 3.87. The van der Waals surface area contributed by atoms with Crippen molar-refractivity contribution in [2.75, 3.05) is 73.5 Å². The second-order valence-electron chi connectivity index (χ2n) is 10.9. The summed E-state index contributed by atoms with van der Waals surface area (Å²) in [6.07, 6.45) is 4.80. The Morgan fingerprint density at radius 2 is 1.81 bits per heavy atom. The average molecular weight is 571 g/mol. The highest BCUT2D eigenvalue weighted by Gasteiger charge is 2.38. The Kier molecular flexibility index (Phi) is 7.75. The lowest BCUT2D eigenvalue weighted by Gasteiger charge is -2.43. The Labute approximate surface area is 245 Å². The topological polar surface area (TPSA) is 88.1 Å². The summed E-state index contributed by atoms with van der Waals surface area (Å²) in [6.45, 7) is 4.21. The average Bonchev–Trinajstić information content (AvgIpc) is 3.02. The predicted molar refractivity (Wildman–Crippen MR) is 162 cm³/mol. The Morgan fingerprint density at radius 3 is 2.57 bits per heavy atom. The number of allylic oxidation sites excluding steroid dienone is 1. The molecule has 3 aromatic rings. The van der Waals surface area contributed by atoms with Gasteiger partial charge in [-0.25, -0.2) is 14.2 Å². The summed E-state index contributed by atoms with van der Waals surface area (Å²) in [5.74, 6) is 0.723. The summed E-state index contributed by atoms with van der Waals surface area (Å²) >= 11 is 0. The number of halogens is 1. The molecule has 1 atom stereocenters. The Bertz CT molecular complexity index is 1490. The first-order valence-electron chi connectivity index (χ1n) is 14.3. The number of carbonyl (C=O) groups is 2. The van der Waals surface area contributed by atoms with E-state index in [4.69, 9.17) is 4.98 Å². The second kappa shape index (κ2) is 11.8. The molecule has 0 radical (unpaired) electrons. The summed E-state index contributed by atoms with van der Waals surface area (Å²) in [4.78, 5) is 45.4. The SMILES string of the molecule is CN1CCN(c2ccc(Nc3ncc4c(n3)N(C)C(=O)N([C@H]3CCN(C(=O)/C=C/CF)c5ccccc53)C4)cc2)CC1. The fourth-order valence-corrected chi connectivity index (χ4v) is 5.92. The van der Waals surface area contributed by atoms with Crippen molar-refractivity contribution < 1.29 is 14.0 Å². The Hall–Kier alpha value is -4.51. The van der Waals surface area contributed by atoms with Gasteiger partial charge in [-0.2, -0.15) is 4.98 Å². The molecule has 1 aromatic heterocycles. The third-order valence-electron chi connectivity index (χ3n) is 8.23. The van der Waals surface area contributed by atoms with Crippen molar-refractivity contribution in [2.45, 2.75) is 19.0 Å². The van der Waals surface area contributed by atoms with E-state index in [0.29, 0.717) is 31.3 Å². The number of urea groups is 1. The minimum absolute atomic E-state index is 0.166. The maximum absolute atomic E-state index is 13.7. The predicted octanol–water partition coefficient (Wildman–Crippen LogP) is 4.35. The molecule has 3 aliphatic rings. The van der Waals surface area contributed by atoms with Crippen molar-refractivity contribution in [3.05, 3.63) is 78.0 Å². The first-order valence-corrected chi connectivity index (χ1v) is 14.3. The molecule has 2 aromatic carbocycles. The van der Waals surface area contributed by atoms with Crippen molar-refractivity contribution in [1.82, 2.24) is 19.8 Å². The maximum atomic E-state index is 13.7. The molecular formula is C31H35FN8O2. The quantitative estimate of drug-likeness (QED) is 0.441. The molecule has 0 saturated carbocycles. The van der Waals surface area contributed by atoms with E-state index in [0.717, 1.165) is 48.7 Å². The largest absolute Gasteiger partial charge is 0.369 e. The lowest BCUT2D eigenvalue weighted by atomic mass is 9.94. The van der Waals surface area contributed by atoms with Crippen LogP contribution in [-0.4, -0.2) is 85.2 Å². The van der Waals surface area contributed by atoms with Crippen LogP contribution in [0.4, 0.5) is 38.0 Å². The lowest BCUT2D eigenvalue weighted by molar-refractivity contribution is -0.114. The van der Waals surface area contributed by atoms with Crippen LogP contribution < -0.4 is 20.0 Å². The van der Waals surface area contributed by atoms with Gasteiger partial charge in [0.1, 0.15) is 12.5 Å². The van der Waals surface area contributed by atoms with E-state index in [2.05, 4.69) is 39.3 Å². The number of hydrogen-bond donors (Lipinski definition) is 1. The number of nitrogens with one attached hydrogen (secondary N) is 1. The van der Waals surface area contributed by atoms with Crippen LogP contribution in [0.25, 0.3) is 0 Å². The van der Waals surface area contributed by atoms with Gasteiger partial charge in [0.15, 0.2) is 0 Å². The number of likely N-dealkylation sites (N-methyl/N-ethyl adjacent to an activating group) is 1. The zero-order chi connectivity index (χ0) is 29.2. The van der Waals surface area contributed by atoms with Crippen molar-refractivity contribution in [1.29, 1.82) is 0 Å². The van der Waals surface area contributed by atoms with Gasteiger partial charge in [-0.3, -0.25) is 9.69 Å². The number of nitrogens with zero attached hydrogens (tertiary/aromatic N) is 7. The fraction of sp³-hybridized carbons (Fsp3) is 0.355. The van der Waals surface area contributed by atoms with E-state index in [1.165, 1.54) is 17.8 Å². The molecule has 6 rings (SSSR count). The Morgan fingerprint density at radius 1 is 1.05 bits per heavy atom. The number of piperazine rings is 1. The minimum atomic E-state index is -0.694. The number of fused-ring (bicyclic) bond motifs is 2. The summed E-state index contributed by atoms with van der Waals surface area (Å²) in [5.41, 5.74) is 4.53. The number of hydrogen-bond acceptors (Lipinski definition) is 7. The van der Waals surface area contributed by atoms with E-state index >= 15 is 0 Å². The van der Waals surface area contributed by atoms with Crippen molar-refractivity contribution in [2.24, 2.45) is 0 Å². The smallest absolute Gasteiger partial charge is 0.326 e. The molecule has 42 heavy (non-hydrogen) atoms. The van der Waals surface area contributed by atoms with Crippen LogP contribution >= 0.6 is 0 Å². The molecular weight excluding hydrogens is 535 g/mol. The van der Waals surface area contributed by atoms with Gasteiger partial charge in [0.25, 0.3) is 5.91 Å². The van der Waals surface area contributed by atoms with Gasteiger partial charge in [0.2, 0.25) is 5.95 Å². The fourth-order valence-electron chi connectivity index (χ4n) is 5.92. The van der Waals surface area contributed by atoms with Gasteiger partial charge >= 0.3 is 6.03 Å². The molecule has 3 amide bonds. The number of rotatable bonds is 6. The molecule has 0 unspecified atom stereocenters. The molecule has 3 aliphatic heterocycles. The zero-order valence-corrected chi connectivity index (χ0v) is 23.9. The van der Waals surface area contributed by atoms with E-state index in [1.54, 1.807) is 23.0 Å². The number of para-hydroxylation sites is 1. The minimum Gasteiger partial charge on any atom is -0.369 e. The van der Waals surface area contributed by atoms with Crippen LogP contribution in [0.1, 0.15) is 23.6 Å². The van der Waals surface area contributed by atoms with Gasteiger partial charge in [0.05, 0.1) is 12.6 Å². The molecule has 0 aliphatic carbocycles. The number of aromatic nitrogens is 2. The van der Waals surface area contributed by atoms with Crippen LogP contribution in [0.3, 0.4) is 0 Å². The lowest BCUT2D eigenvalue weighted by Crippen LogP contribution is -2.49. The molecule has 1 saturated heterocycles. The first kappa shape index (κ1) is 27.6. The van der Waals surface area contributed by atoms with Crippen LogP contribution in [0.5, 0.6) is 0 Å². The number of anilines is 5. The third-order valence-corrected chi connectivity index (χ3v) is 8.23. The summed E-state index contributed by atoms with van der Waals surface area (Å²) in [6, 6.07) is 15.4. The number of alkyl halides is 1. The maximum Gasteiger partial charge on any atom is 0.326 e. The van der Waals surface area contributed by atoms with Gasteiger partial charge in [-0.15, -0.1) is 0 Å². The Balaban J connectivity index is 1.18. The van der Waals surface area contributed by atoms with E-state index in [1.807, 2.05) is 41.3 Å². The van der Waals surface area contributed by atoms with Crippen molar-refractivity contribution in [3.8, 4) is 0 Å². The van der Waals surface area contributed by atoms with Gasteiger partial charge in [-0.1, -0.05) is 18.2 Å². The zero-order valence-electron chi connectivity index (χ0n) is 23.9. The van der Waals surface area contributed by atoms with Crippen molar-refractivity contribution >= 4 is 40.8 Å². The summed E-state index contributed by atoms with van der Waals surface area (Å²) < 4.78 is 12.6. The first-order chi connectivity index (χ1) is 20.4. The van der Waals surface area contributed by atoms with Gasteiger partial charge in [0, 0.05) is 74.7 Å². The molecule has 1 fully saturated rings. The highest BCUT2D eigenvalue weighted by Crippen LogP contribution is 2.41. The second-order valence-corrected chi connectivity index (χ2v) is 10.9. The molecule has 218 valence electrons. The van der Waals surface area contributed by atoms with Crippen LogP contribution in [-0.2, 0) is 11.3 Å². The van der Waals surface area contributed by atoms with E-state index < -0.39 is 6.67 Å². The van der Waals surface area contributed by atoms with Crippen LogP contribution in [0.2, 0.25) is 0 Å². The van der Waals surface area contributed by atoms with E-state index in [-0.39, 0.29) is 18.0 Å². The summed E-state index contributed by atoms with van der Waals surface area (Å²) in [5, 5.41) is 3.28. The van der Waals surface area contributed by atoms with Gasteiger partial charge in [-0.05, 0) is 55.4 Å². The number of carbonyl (C=O) groups excluding carboxylic acids is 2. The highest BCUT2D eigenvalue weighted by molar-refractivity contribution is 6.02. The molecule has 4 heterocycles. The highest BCUT2D eigenvalue weighted by atomic mass is 19.1. The van der Waals surface area contributed by atoms with E-state index in [9.17, 15) is 14.0 Å². The molecule has 0 spiro atoms. The van der Waals surface area contributed by atoms with Crippen LogP contribution in [0, 0.1) is 0 Å². The third kappa shape index (κ3) is 5.39. The molecule has 11 heteroatoms. The molecule has 1 N–H and O–H groups in total. The number of benzene rings is 2. The number of amides is 3. The van der Waals surface area contributed by atoms with Gasteiger partial charge < -0.3 is 24.9 Å². The van der Waals surface area contributed by atoms with Crippen LogP contribution in [0.15, 0.2) is 66.9 Å². The normalized spacial score (nSPS) is 19.2.